The molecule has 1 aromatic carbocycles. The third kappa shape index (κ3) is 5.52. The van der Waals surface area contributed by atoms with Crippen LogP contribution < -0.4 is 15.2 Å². The van der Waals surface area contributed by atoms with E-state index in [0.29, 0.717) is 25.4 Å². The van der Waals surface area contributed by atoms with Crippen LogP contribution >= 0.6 is 0 Å². The fraction of sp³-hybridized carbons (Fsp3) is 0.625. The van der Waals surface area contributed by atoms with E-state index in [1.165, 1.54) is 0 Å². The molecule has 0 aliphatic rings. The van der Waals surface area contributed by atoms with Gasteiger partial charge >= 0.3 is 5.69 Å². The van der Waals surface area contributed by atoms with E-state index in [4.69, 9.17) is 15.2 Å². The summed E-state index contributed by atoms with van der Waals surface area (Å²) in [5.41, 5.74) is 6.57. The molecule has 0 bridgehead atoms. The molecule has 0 amide bonds. The monoisotopic (exact) mass is 310 g/mol. The van der Waals surface area contributed by atoms with Gasteiger partial charge in [0.05, 0.1) is 18.1 Å². The summed E-state index contributed by atoms with van der Waals surface area (Å²) in [6, 6.07) is 3.23. The van der Waals surface area contributed by atoms with Crippen molar-refractivity contribution >= 4 is 5.69 Å². The Labute approximate surface area is 131 Å². The lowest BCUT2D eigenvalue weighted by atomic mass is 10.0. The van der Waals surface area contributed by atoms with Gasteiger partial charge in [-0.1, -0.05) is 13.8 Å². The zero-order valence-corrected chi connectivity index (χ0v) is 13.6. The van der Waals surface area contributed by atoms with E-state index in [2.05, 4.69) is 0 Å². The van der Waals surface area contributed by atoms with E-state index in [1.807, 2.05) is 20.8 Å². The Kier molecular flexibility index (Phi) is 7.66. The molecule has 0 saturated heterocycles. The highest BCUT2D eigenvalue weighted by Gasteiger charge is 2.20. The van der Waals surface area contributed by atoms with Gasteiger partial charge in [0.2, 0.25) is 5.75 Å². The van der Waals surface area contributed by atoms with Crippen LogP contribution in [0.1, 0.15) is 45.6 Å². The predicted octanol–water partition coefficient (Wildman–Crippen LogP) is 3.45. The van der Waals surface area contributed by atoms with Gasteiger partial charge in [-0.05, 0) is 32.6 Å². The van der Waals surface area contributed by atoms with Crippen molar-refractivity contribution in [3.8, 4) is 11.5 Å². The third-order valence-electron chi connectivity index (χ3n) is 3.13. The van der Waals surface area contributed by atoms with Crippen LogP contribution in [-0.4, -0.2) is 24.2 Å². The molecule has 0 spiro atoms. The molecule has 22 heavy (non-hydrogen) atoms. The summed E-state index contributed by atoms with van der Waals surface area (Å²) in [6.07, 6.45) is 3.05. The smallest absolute Gasteiger partial charge is 0.311 e. The molecule has 0 heterocycles. The highest BCUT2D eigenvalue weighted by atomic mass is 16.6. The van der Waals surface area contributed by atoms with Crippen molar-refractivity contribution in [2.75, 3.05) is 13.2 Å². The van der Waals surface area contributed by atoms with Crippen LogP contribution in [0.3, 0.4) is 0 Å². The second-order valence-corrected chi connectivity index (χ2v) is 5.40. The lowest BCUT2D eigenvalue weighted by molar-refractivity contribution is -0.385. The third-order valence-corrected chi connectivity index (χ3v) is 3.13. The lowest BCUT2D eigenvalue weighted by Crippen LogP contribution is -2.15. The summed E-state index contributed by atoms with van der Waals surface area (Å²) >= 11 is 0. The van der Waals surface area contributed by atoms with E-state index in [0.717, 1.165) is 24.8 Å². The van der Waals surface area contributed by atoms with Gasteiger partial charge in [0.25, 0.3) is 0 Å². The van der Waals surface area contributed by atoms with E-state index in [1.54, 1.807) is 12.1 Å². The van der Waals surface area contributed by atoms with Crippen LogP contribution in [0.5, 0.6) is 11.5 Å². The molecule has 124 valence electrons. The minimum atomic E-state index is -0.413. The van der Waals surface area contributed by atoms with Crippen LogP contribution in [0.2, 0.25) is 0 Å². The van der Waals surface area contributed by atoms with Gasteiger partial charge in [0.15, 0.2) is 0 Å². The highest BCUT2D eigenvalue weighted by molar-refractivity contribution is 5.55. The first kappa shape index (κ1) is 18.2. The summed E-state index contributed by atoms with van der Waals surface area (Å²) in [5.74, 6) is 0.918. The lowest BCUT2D eigenvalue weighted by Gasteiger charge is -2.14. The number of nitro benzene ring substituents is 1. The van der Waals surface area contributed by atoms with E-state index in [-0.39, 0.29) is 17.5 Å². The Morgan fingerprint density at radius 2 is 1.77 bits per heavy atom. The van der Waals surface area contributed by atoms with Gasteiger partial charge in [-0.25, -0.2) is 0 Å². The number of aryl methyl sites for hydroxylation is 1. The van der Waals surface area contributed by atoms with E-state index in [9.17, 15) is 10.1 Å². The molecular formula is C16H26N2O4. The molecule has 0 saturated carbocycles. The number of ether oxygens (including phenoxy) is 2. The van der Waals surface area contributed by atoms with Gasteiger partial charge in [-0.2, -0.15) is 0 Å². The maximum atomic E-state index is 11.3. The number of nitro groups is 1. The molecule has 1 rings (SSSR count). The number of benzene rings is 1. The summed E-state index contributed by atoms with van der Waals surface area (Å²) in [6.45, 7) is 6.89. The first-order chi connectivity index (χ1) is 10.5. The van der Waals surface area contributed by atoms with Crippen molar-refractivity contribution in [3.63, 3.8) is 0 Å². The summed E-state index contributed by atoms with van der Waals surface area (Å²) in [7, 11) is 0. The summed E-state index contributed by atoms with van der Waals surface area (Å²) < 4.78 is 11.2. The minimum absolute atomic E-state index is 0.0167. The van der Waals surface area contributed by atoms with Crippen molar-refractivity contribution in [2.24, 2.45) is 5.73 Å². The Bertz CT molecular complexity index is 489. The van der Waals surface area contributed by atoms with E-state index < -0.39 is 4.92 Å². The Hall–Kier alpha value is -1.82. The summed E-state index contributed by atoms with van der Waals surface area (Å²) in [4.78, 5) is 10.8. The van der Waals surface area contributed by atoms with Crippen LogP contribution in [0.15, 0.2) is 12.1 Å². The molecule has 0 radical (unpaired) electrons. The zero-order chi connectivity index (χ0) is 16.5. The fourth-order valence-corrected chi connectivity index (χ4v) is 1.99. The Morgan fingerprint density at radius 1 is 1.18 bits per heavy atom. The molecule has 6 nitrogen and oxygen atoms in total. The number of hydrogen-bond donors (Lipinski definition) is 1. The summed E-state index contributed by atoms with van der Waals surface area (Å²) in [5, 5.41) is 11.3. The number of rotatable bonds is 10. The van der Waals surface area contributed by atoms with Crippen LogP contribution in [0, 0.1) is 10.1 Å². The second kappa shape index (κ2) is 9.25. The van der Waals surface area contributed by atoms with Crippen LogP contribution in [-0.2, 0) is 6.42 Å². The molecule has 6 heteroatoms. The van der Waals surface area contributed by atoms with Gasteiger partial charge in [-0.3, -0.25) is 10.1 Å². The largest absolute Gasteiger partial charge is 0.493 e. The zero-order valence-electron chi connectivity index (χ0n) is 13.6. The van der Waals surface area contributed by atoms with Crippen molar-refractivity contribution in [1.82, 2.24) is 0 Å². The van der Waals surface area contributed by atoms with Crippen molar-refractivity contribution in [2.45, 2.75) is 52.5 Å². The molecule has 0 aliphatic heterocycles. The van der Waals surface area contributed by atoms with Gasteiger partial charge in [0, 0.05) is 23.7 Å². The first-order valence-electron chi connectivity index (χ1n) is 7.82. The molecule has 0 fully saturated rings. The second-order valence-electron chi connectivity index (χ2n) is 5.40. The quantitative estimate of drug-likeness (QED) is 0.528. The average Bonchev–Trinajstić information content (AvgIpc) is 2.48. The molecule has 1 unspecified atom stereocenters. The Morgan fingerprint density at radius 3 is 2.27 bits per heavy atom. The highest BCUT2D eigenvalue weighted by Crippen LogP contribution is 2.35. The maximum Gasteiger partial charge on any atom is 0.311 e. The molecule has 1 aromatic rings. The van der Waals surface area contributed by atoms with Crippen molar-refractivity contribution in [1.29, 1.82) is 0 Å². The van der Waals surface area contributed by atoms with Crippen LogP contribution in [0.4, 0.5) is 5.69 Å². The predicted molar refractivity (Wildman–Crippen MR) is 86.6 cm³/mol. The maximum absolute atomic E-state index is 11.3. The van der Waals surface area contributed by atoms with Gasteiger partial charge in [-0.15, -0.1) is 0 Å². The number of nitrogens with zero attached hydrogens (tertiary/aromatic N) is 1. The normalized spacial score (nSPS) is 12.0. The van der Waals surface area contributed by atoms with Gasteiger partial charge < -0.3 is 15.2 Å². The minimum Gasteiger partial charge on any atom is -0.493 e. The SMILES string of the molecule is CCCOc1cc(OCCC)c([N+](=O)[O-])cc1CCC(C)N. The van der Waals surface area contributed by atoms with Crippen molar-refractivity contribution in [3.05, 3.63) is 27.8 Å². The molecule has 0 aromatic heterocycles. The molecular weight excluding hydrogens is 284 g/mol. The first-order valence-corrected chi connectivity index (χ1v) is 7.82. The molecule has 1 atom stereocenters. The Balaban J connectivity index is 3.14. The average molecular weight is 310 g/mol. The number of nitrogens with two attached hydrogens (primary N) is 1. The number of hydrogen-bond acceptors (Lipinski definition) is 5. The van der Waals surface area contributed by atoms with Crippen LogP contribution in [0.25, 0.3) is 0 Å². The molecule has 2 N–H and O–H groups in total. The van der Waals surface area contributed by atoms with Gasteiger partial charge in [0.1, 0.15) is 5.75 Å². The van der Waals surface area contributed by atoms with E-state index >= 15 is 0 Å². The molecule has 0 aliphatic carbocycles. The van der Waals surface area contributed by atoms with Crippen molar-refractivity contribution < 1.29 is 14.4 Å². The topological polar surface area (TPSA) is 87.6 Å². The fourth-order valence-electron chi connectivity index (χ4n) is 1.99. The standard InChI is InChI=1S/C16H26N2O4/c1-4-8-21-15-11-16(22-9-5-2)14(18(19)20)10-13(15)7-6-12(3)17/h10-12H,4-9,17H2,1-3H3.